The summed E-state index contributed by atoms with van der Waals surface area (Å²) < 4.78 is 54.5. The van der Waals surface area contributed by atoms with Gasteiger partial charge in [0.1, 0.15) is 6.61 Å². The maximum atomic E-state index is 12.8. The molecule has 1 amide bonds. The first-order chi connectivity index (χ1) is 12.3. The predicted molar refractivity (Wildman–Crippen MR) is 93.2 cm³/mol. The number of carbonyl (C=O) groups excluding carboxylic acids is 1. The smallest absolute Gasteiger partial charge is 0.330 e. The summed E-state index contributed by atoms with van der Waals surface area (Å²) in [5.41, 5.74) is 1.40. The molecule has 0 aromatic heterocycles. The van der Waals surface area contributed by atoms with Gasteiger partial charge < -0.3 is 10.1 Å². The minimum Gasteiger partial charge on any atom is -0.370 e. The second kappa shape index (κ2) is 9.05. The number of thioether (sulfide) groups is 1. The minimum atomic E-state index is -4.20. The van der Waals surface area contributed by atoms with Crippen LogP contribution in [0.3, 0.4) is 0 Å². The van der Waals surface area contributed by atoms with Crippen LogP contribution in [0.15, 0.2) is 53.4 Å². The Labute approximate surface area is 152 Å². The Morgan fingerprint density at radius 2 is 1.92 bits per heavy atom. The number of ether oxygens (including phenoxy) is 1. The summed E-state index contributed by atoms with van der Waals surface area (Å²) in [6.07, 6.45) is -1.89. The first-order valence-electron chi connectivity index (χ1n) is 7.60. The summed E-state index contributed by atoms with van der Waals surface area (Å²) in [6.45, 7) is -1.69. The molecule has 1 N–H and O–H groups in total. The molecular formula is C18H17F4NO2S. The second-order valence-corrected chi connectivity index (χ2v) is 6.26. The Morgan fingerprint density at radius 1 is 1.19 bits per heavy atom. The van der Waals surface area contributed by atoms with Gasteiger partial charge in [0.25, 0.3) is 5.91 Å². The lowest BCUT2D eigenvalue weighted by Crippen LogP contribution is -2.32. The van der Waals surface area contributed by atoms with Crippen LogP contribution >= 0.6 is 11.8 Å². The van der Waals surface area contributed by atoms with Gasteiger partial charge in [0.15, 0.2) is 0 Å². The van der Waals surface area contributed by atoms with Crippen LogP contribution in [0.2, 0.25) is 0 Å². The number of benzene rings is 2. The van der Waals surface area contributed by atoms with Crippen LogP contribution in [0.25, 0.3) is 0 Å². The van der Waals surface area contributed by atoms with Gasteiger partial charge in [-0.1, -0.05) is 24.3 Å². The lowest BCUT2D eigenvalue weighted by molar-refractivity contribution is -0.168. The van der Waals surface area contributed by atoms with E-state index < -0.39 is 19.0 Å². The predicted octanol–water partition coefficient (Wildman–Crippen LogP) is 5.08. The van der Waals surface area contributed by atoms with Gasteiger partial charge in [-0.05, 0) is 36.1 Å². The van der Waals surface area contributed by atoms with Crippen LogP contribution < -0.4 is 5.32 Å². The van der Waals surface area contributed by atoms with Crippen LogP contribution in [0.4, 0.5) is 23.2 Å². The number of carbonyl (C=O) groups is 1. The van der Waals surface area contributed by atoms with Crippen LogP contribution in [-0.4, -0.2) is 31.1 Å². The Hall–Kier alpha value is -2.06. The summed E-state index contributed by atoms with van der Waals surface area (Å²) in [5.74, 6) is -4.57. The second-order valence-electron chi connectivity index (χ2n) is 5.41. The van der Waals surface area contributed by atoms with Crippen molar-refractivity contribution in [3.05, 3.63) is 59.7 Å². The fourth-order valence-corrected chi connectivity index (χ4v) is 2.67. The Morgan fingerprint density at radius 3 is 2.62 bits per heavy atom. The number of hydrogen-bond acceptors (Lipinski definition) is 3. The number of anilines is 1. The quantitative estimate of drug-likeness (QED) is 0.507. The monoisotopic (exact) mass is 387 g/mol. The van der Waals surface area contributed by atoms with Gasteiger partial charge in [0.05, 0.1) is 12.3 Å². The molecule has 0 radical (unpaired) electrons. The number of hydrogen-bond donors (Lipinski definition) is 1. The average Bonchev–Trinajstić information content (AvgIpc) is 2.62. The van der Waals surface area contributed by atoms with Gasteiger partial charge in [0.2, 0.25) is 0 Å². The van der Waals surface area contributed by atoms with E-state index in [0.29, 0.717) is 16.8 Å². The minimum absolute atomic E-state index is 0.301. The lowest BCUT2D eigenvalue weighted by Gasteiger charge is -2.15. The molecule has 0 saturated carbocycles. The molecule has 0 aliphatic rings. The summed E-state index contributed by atoms with van der Waals surface area (Å²) in [4.78, 5) is 13.3. The number of amides is 1. The van der Waals surface area contributed by atoms with Crippen molar-refractivity contribution in [2.75, 3.05) is 18.2 Å². The molecule has 2 aromatic carbocycles. The van der Waals surface area contributed by atoms with E-state index in [9.17, 15) is 22.4 Å². The molecule has 0 bridgehead atoms. The number of para-hydroxylation sites is 1. The molecule has 0 aliphatic heterocycles. The van der Waals surface area contributed by atoms with E-state index >= 15 is 0 Å². The summed E-state index contributed by atoms with van der Waals surface area (Å²) >= 11 is 1.48. The van der Waals surface area contributed by atoms with E-state index in [1.807, 2.05) is 18.4 Å². The Balaban J connectivity index is 2.01. The molecule has 0 saturated heterocycles. The average molecular weight is 387 g/mol. The van der Waals surface area contributed by atoms with E-state index in [0.717, 1.165) is 4.90 Å². The van der Waals surface area contributed by atoms with E-state index in [-0.39, 0.29) is 12.5 Å². The van der Waals surface area contributed by atoms with Gasteiger partial charge in [-0.15, -0.1) is 11.8 Å². The highest BCUT2D eigenvalue weighted by atomic mass is 32.2. The Kier molecular flexibility index (Phi) is 7.05. The molecule has 2 aromatic rings. The summed E-state index contributed by atoms with van der Waals surface area (Å²) in [7, 11) is 0. The van der Waals surface area contributed by atoms with Gasteiger partial charge in [0, 0.05) is 10.5 Å². The highest BCUT2D eigenvalue weighted by Gasteiger charge is 2.40. The third-order valence-electron chi connectivity index (χ3n) is 3.43. The number of nitrogens with one attached hydrogen (secondary N) is 1. The zero-order valence-corrected chi connectivity index (χ0v) is 14.7. The molecule has 26 heavy (non-hydrogen) atoms. The van der Waals surface area contributed by atoms with Crippen LogP contribution in [0.5, 0.6) is 0 Å². The van der Waals surface area contributed by atoms with Crippen molar-refractivity contribution >= 4 is 23.4 Å². The highest BCUT2D eigenvalue weighted by molar-refractivity contribution is 7.98. The van der Waals surface area contributed by atoms with E-state index in [1.54, 1.807) is 30.3 Å². The normalized spacial score (nSPS) is 11.6. The third kappa shape index (κ3) is 5.47. The fraction of sp³-hybridized carbons (Fsp3) is 0.278. The first kappa shape index (κ1) is 20.3. The van der Waals surface area contributed by atoms with E-state index in [2.05, 4.69) is 10.1 Å². The van der Waals surface area contributed by atoms with Gasteiger partial charge >= 0.3 is 12.3 Å². The standard InChI is InChI=1S/C18H17F4NO2S/c1-26-15-8-3-2-7-14(15)23-16(24)13-6-4-5-12(9-13)10-25-11-18(21,22)17(19)20/h2-9,17H,10-11H2,1H3,(H,23,24). The molecule has 0 atom stereocenters. The third-order valence-corrected chi connectivity index (χ3v) is 4.22. The van der Waals surface area contributed by atoms with Crippen molar-refractivity contribution in [3.8, 4) is 0 Å². The van der Waals surface area contributed by atoms with Crippen molar-refractivity contribution < 1.29 is 27.1 Å². The molecule has 0 fully saturated rings. The molecule has 3 nitrogen and oxygen atoms in total. The fourth-order valence-electron chi connectivity index (χ4n) is 2.11. The van der Waals surface area contributed by atoms with Crippen molar-refractivity contribution in [2.24, 2.45) is 0 Å². The maximum absolute atomic E-state index is 12.8. The lowest BCUT2D eigenvalue weighted by atomic mass is 10.1. The maximum Gasteiger partial charge on any atom is 0.330 e. The van der Waals surface area contributed by atoms with E-state index in [4.69, 9.17) is 0 Å². The van der Waals surface area contributed by atoms with Crippen molar-refractivity contribution in [3.63, 3.8) is 0 Å². The van der Waals surface area contributed by atoms with Crippen molar-refractivity contribution in [1.29, 1.82) is 0 Å². The van der Waals surface area contributed by atoms with Gasteiger partial charge in [-0.3, -0.25) is 4.79 Å². The number of alkyl halides is 4. The van der Waals surface area contributed by atoms with Crippen LogP contribution in [0.1, 0.15) is 15.9 Å². The summed E-state index contributed by atoms with van der Waals surface area (Å²) in [5, 5.41) is 2.78. The van der Waals surface area contributed by atoms with Crippen LogP contribution in [-0.2, 0) is 11.3 Å². The molecule has 0 heterocycles. The molecule has 0 spiro atoms. The van der Waals surface area contributed by atoms with Crippen LogP contribution in [0, 0.1) is 0 Å². The van der Waals surface area contributed by atoms with E-state index in [1.165, 1.54) is 17.8 Å². The SMILES string of the molecule is CSc1ccccc1NC(=O)c1cccc(COCC(F)(F)C(F)F)c1. The first-order valence-corrected chi connectivity index (χ1v) is 8.83. The molecular weight excluding hydrogens is 370 g/mol. The molecule has 0 unspecified atom stereocenters. The largest absolute Gasteiger partial charge is 0.370 e. The molecule has 2 rings (SSSR count). The van der Waals surface area contributed by atoms with Crippen molar-refractivity contribution in [2.45, 2.75) is 23.9 Å². The molecule has 0 aliphatic carbocycles. The Bertz CT molecular complexity index is 755. The van der Waals surface area contributed by atoms with Gasteiger partial charge in [-0.2, -0.15) is 8.78 Å². The summed E-state index contributed by atoms with van der Waals surface area (Å²) in [6, 6.07) is 13.5. The van der Waals surface area contributed by atoms with Gasteiger partial charge in [-0.25, -0.2) is 8.78 Å². The zero-order valence-electron chi connectivity index (χ0n) is 13.8. The molecule has 8 heteroatoms. The number of halogens is 4. The topological polar surface area (TPSA) is 38.3 Å². The highest BCUT2D eigenvalue weighted by Crippen LogP contribution is 2.25. The number of rotatable bonds is 8. The van der Waals surface area contributed by atoms with Crippen molar-refractivity contribution in [1.82, 2.24) is 0 Å². The zero-order chi connectivity index (χ0) is 19.2. The molecule has 140 valence electrons.